The number of rotatable bonds is 7. The van der Waals surface area contributed by atoms with Crippen LogP contribution in [0.2, 0.25) is 0 Å². The molecule has 0 unspecified atom stereocenters. The van der Waals surface area contributed by atoms with Crippen LogP contribution in [0.3, 0.4) is 0 Å². The summed E-state index contributed by atoms with van der Waals surface area (Å²) in [7, 11) is -2.12. The zero-order chi connectivity index (χ0) is 20.0. The lowest BCUT2D eigenvalue weighted by molar-refractivity contribution is 0.252. The van der Waals surface area contributed by atoms with E-state index in [4.69, 9.17) is 4.74 Å². The first-order valence-electron chi connectivity index (χ1n) is 8.52. The number of anilines is 1. The normalized spacial score (nSPS) is 12.2. The van der Waals surface area contributed by atoms with Gasteiger partial charge in [-0.3, -0.25) is 0 Å². The average Bonchev–Trinajstić information content (AvgIpc) is 3.25. The lowest BCUT2D eigenvalue weighted by Crippen LogP contribution is -2.34. The van der Waals surface area contributed by atoms with Crippen LogP contribution < -0.4 is 15.4 Å². The van der Waals surface area contributed by atoms with Crippen LogP contribution in [0.15, 0.2) is 76.3 Å². The molecule has 3 rings (SSSR count). The van der Waals surface area contributed by atoms with Crippen molar-refractivity contribution in [2.75, 3.05) is 19.0 Å². The number of nitrogens with one attached hydrogen (secondary N) is 2. The molecule has 0 aliphatic carbocycles. The van der Waals surface area contributed by atoms with Crippen LogP contribution in [0, 0.1) is 0 Å². The fraction of sp³-hybridized carbons (Fsp3) is 0.150. The van der Waals surface area contributed by atoms with Gasteiger partial charge in [0.1, 0.15) is 15.2 Å². The van der Waals surface area contributed by atoms with Gasteiger partial charge in [-0.15, -0.1) is 11.3 Å². The minimum Gasteiger partial charge on any atom is -0.497 e. The third kappa shape index (κ3) is 4.71. The highest BCUT2D eigenvalue weighted by molar-refractivity contribution is 7.93. The number of amides is 2. The largest absolute Gasteiger partial charge is 0.497 e. The number of methoxy groups -OCH3 is 1. The van der Waals surface area contributed by atoms with Crippen LogP contribution in [-0.4, -0.2) is 28.1 Å². The number of hydrogen-bond donors (Lipinski definition) is 2. The molecule has 1 atom stereocenters. The van der Waals surface area contributed by atoms with Crippen LogP contribution >= 0.6 is 11.3 Å². The van der Waals surface area contributed by atoms with E-state index in [1.54, 1.807) is 73.2 Å². The number of para-hydroxylation sites is 1. The van der Waals surface area contributed by atoms with E-state index in [0.717, 1.165) is 11.3 Å². The average molecular weight is 417 g/mol. The van der Waals surface area contributed by atoms with Crippen molar-refractivity contribution in [2.24, 2.45) is 0 Å². The van der Waals surface area contributed by atoms with Gasteiger partial charge in [-0.05, 0) is 41.3 Å². The SMILES string of the molecule is COc1ccc([C@@H](CNC(=O)Nc2ccccc2)S(=O)(=O)c2cccs2)cc1. The molecule has 0 fully saturated rings. The summed E-state index contributed by atoms with van der Waals surface area (Å²) < 4.78 is 31.7. The predicted octanol–water partition coefficient (Wildman–Crippen LogP) is 4.09. The smallest absolute Gasteiger partial charge is 0.319 e. The highest BCUT2D eigenvalue weighted by Crippen LogP contribution is 2.32. The summed E-state index contributed by atoms with van der Waals surface area (Å²) >= 11 is 1.16. The number of carbonyl (C=O) groups is 1. The summed E-state index contributed by atoms with van der Waals surface area (Å²) in [6, 6.07) is 18.6. The van der Waals surface area contributed by atoms with Crippen molar-refractivity contribution < 1.29 is 17.9 Å². The Morgan fingerprint density at radius 2 is 1.75 bits per heavy atom. The van der Waals surface area contributed by atoms with Crippen molar-refractivity contribution in [3.05, 3.63) is 77.7 Å². The molecule has 1 heterocycles. The molecule has 0 radical (unpaired) electrons. The van der Waals surface area contributed by atoms with Crippen molar-refractivity contribution in [1.82, 2.24) is 5.32 Å². The molecule has 0 saturated carbocycles. The minimum atomic E-state index is -3.66. The van der Waals surface area contributed by atoms with Gasteiger partial charge >= 0.3 is 6.03 Å². The number of hydrogen-bond acceptors (Lipinski definition) is 5. The molecule has 3 aromatic rings. The molecule has 2 N–H and O–H groups in total. The molecule has 0 spiro atoms. The van der Waals surface area contributed by atoms with E-state index in [1.807, 2.05) is 6.07 Å². The Morgan fingerprint density at radius 1 is 1.04 bits per heavy atom. The van der Waals surface area contributed by atoms with E-state index in [1.165, 1.54) is 0 Å². The molecule has 0 saturated heterocycles. The molecule has 0 aliphatic rings. The van der Waals surface area contributed by atoms with E-state index < -0.39 is 21.1 Å². The number of thiophene rings is 1. The summed E-state index contributed by atoms with van der Waals surface area (Å²) in [6.45, 7) is -0.0643. The third-order valence-electron chi connectivity index (χ3n) is 4.12. The van der Waals surface area contributed by atoms with Gasteiger partial charge in [-0.1, -0.05) is 36.4 Å². The van der Waals surface area contributed by atoms with Crippen LogP contribution in [0.1, 0.15) is 10.8 Å². The van der Waals surface area contributed by atoms with Gasteiger partial charge in [0.05, 0.1) is 7.11 Å². The Kier molecular flexibility index (Phi) is 6.33. The van der Waals surface area contributed by atoms with Crippen LogP contribution in [-0.2, 0) is 9.84 Å². The van der Waals surface area contributed by atoms with Crippen molar-refractivity contribution in [3.8, 4) is 5.75 Å². The maximum absolute atomic E-state index is 13.1. The molecule has 6 nitrogen and oxygen atoms in total. The molecule has 1 aromatic heterocycles. The monoisotopic (exact) mass is 416 g/mol. The Morgan fingerprint density at radius 3 is 2.36 bits per heavy atom. The van der Waals surface area contributed by atoms with Crippen molar-refractivity contribution in [3.63, 3.8) is 0 Å². The fourth-order valence-electron chi connectivity index (χ4n) is 2.67. The number of benzene rings is 2. The first-order valence-corrected chi connectivity index (χ1v) is 10.9. The molecular weight excluding hydrogens is 396 g/mol. The molecule has 2 aromatic carbocycles. The summed E-state index contributed by atoms with van der Waals surface area (Å²) in [4.78, 5) is 12.2. The zero-order valence-electron chi connectivity index (χ0n) is 15.2. The maximum atomic E-state index is 13.1. The summed E-state index contributed by atoms with van der Waals surface area (Å²) in [5.41, 5.74) is 1.20. The minimum absolute atomic E-state index is 0.0643. The van der Waals surface area contributed by atoms with Gasteiger partial charge in [0.2, 0.25) is 0 Å². The third-order valence-corrected chi connectivity index (χ3v) is 7.65. The molecule has 0 bridgehead atoms. The highest BCUT2D eigenvalue weighted by Gasteiger charge is 2.30. The second-order valence-corrected chi connectivity index (χ2v) is 9.24. The van der Waals surface area contributed by atoms with E-state index in [2.05, 4.69) is 10.6 Å². The summed E-state index contributed by atoms with van der Waals surface area (Å²) in [6.07, 6.45) is 0. The number of ether oxygens (including phenoxy) is 1. The van der Waals surface area contributed by atoms with Crippen molar-refractivity contribution in [2.45, 2.75) is 9.46 Å². The van der Waals surface area contributed by atoms with Crippen molar-refractivity contribution >= 4 is 32.9 Å². The molecule has 0 aliphatic heterocycles. The quantitative estimate of drug-likeness (QED) is 0.607. The number of carbonyl (C=O) groups excluding carboxylic acids is 1. The topological polar surface area (TPSA) is 84.5 Å². The van der Waals surface area contributed by atoms with Crippen LogP contribution in [0.25, 0.3) is 0 Å². The predicted molar refractivity (Wildman–Crippen MR) is 111 cm³/mol. The lowest BCUT2D eigenvalue weighted by atomic mass is 10.1. The molecule has 8 heteroatoms. The second kappa shape index (κ2) is 8.90. The Balaban J connectivity index is 1.81. The Hall–Kier alpha value is -2.84. The van der Waals surface area contributed by atoms with E-state index >= 15 is 0 Å². The van der Waals surface area contributed by atoms with E-state index in [9.17, 15) is 13.2 Å². The van der Waals surface area contributed by atoms with Gasteiger partial charge in [-0.25, -0.2) is 13.2 Å². The number of sulfone groups is 1. The van der Waals surface area contributed by atoms with Gasteiger partial charge in [0.25, 0.3) is 0 Å². The van der Waals surface area contributed by atoms with Gasteiger partial charge < -0.3 is 15.4 Å². The van der Waals surface area contributed by atoms with Gasteiger partial charge in [0, 0.05) is 12.2 Å². The Bertz CT molecular complexity index is 1000. The highest BCUT2D eigenvalue weighted by atomic mass is 32.2. The second-order valence-electron chi connectivity index (χ2n) is 5.94. The van der Waals surface area contributed by atoms with Crippen LogP contribution in [0.5, 0.6) is 5.75 Å². The lowest BCUT2D eigenvalue weighted by Gasteiger charge is -2.18. The summed E-state index contributed by atoms with van der Waals surface area (Å²) in [5.74, 6) is 0.630. The van der Waals surface area contributed by atoms with E-state index in [-0.39, 0.29) is 10.8 Å². The van der Waals surface area contributed by atoms with E-state index in [0.29, 0.717) is 17.0 Å². The molecular formula is C20H20N2O4S2. The van der Waals surface area contributed by atoms with Gasteiger partial charge in [0.15, 0.2) is 9.84 Å². The van der Waals surface area contributed by atoms with Crippen molar-refractivity contribution in [1.29, 1.82) is 0 Å². The molecule has 2 amide bonds. The fourth-order valence-corrected chi connectivity index (χ4v) is 5.54. The molecule has 146 valence electrons. The zero-order valence-corrected chi connectivity index (χ0v) is 16.8. The maximum Gasteiger partial charge on any atom is 0.319 e. The first-order chi connectivity index (χ1) is 13.5. The summed E-state index contributed by atoms with van der Waals surface area (Å²) in [5, 5.41) is 6.16. The first kappa shape index (κ1) is 19.9. The standard InChI is InChI=1S/C20H20N2O4S2/c1-26-17-11-9-15(10-12-17)18(28(24,25)19-8-5-13-27-19)14-21-20(23)22-16-6-3-2-4-7-16/h2-13,18H,14H2,1H3,(H2,21,22,23)/t18-/m1/s1. The Labute approximate surface area is 168 Å². The van der Waals surface area contributed by atoms with Crippen LogP contribution in [0.4, 0.5) is 10.5 Å². The van der Waals surface area contributed by atoms with Gasteiger partial charge in [-0.2, -0.15) is 0 Å². The molecule has 28 heavy (non-hydrogen) atoms. The number of urea groups is 1.